The van der Waals surface area contributed by atoms with E-state index in [-0.39, 0.29) is 18.1 Å². The van der Waals surface area contributed by atoms with Crippen LogP contribution in [0.3, 0.4) is 0 Å². The van der Waals surface area contributed by atoms with E-state index < -0.39 is 5.97 Å². The summed E-state index contributed by atoms with van der Waals surface area (Å²) in [7, 11) is 4.41. The maximum atomic E-state index is 12.4. The third-order valence-electron chi connectivity index (χ3n) is 4.26. The first-order chi connectivity index (χ1) is 12.0. The Balaban J connectivity index is 2.06. The van der Waals surface area contributed by atoms with E-state index in [0.717, 1.165) is 12.8 Å². The molecule has 0 bridgehead atoms. The normalized spacial score (nSPS) is 17.0. The summed E-state index contributed by atoms with van der Waals surface area (Å²) in [4.78, 5) is 26.3. The van der Waals surface area contributed by atoms with Crippen LogP contribution in [0.15, 0.2) is 12.1 Å². The third kappa shape index (κ3) is 4.55. The number of benzene rings is 1. The first-order valence-electron chi connectivity index (χ1n) is 8.25. The van der Waals surface area contributed by atoms with Crippen LogP contribution in [-0.2, 0) is 9.53 Å². The van der Waals surface area contributed by atoms with Crippen molar-refractivity contribution in [3.05, 3.63) is 17.7 Å². The minimum absolute atomic E-state index is 0.181. The second kappa shape index (κ2) is 8.60. The number of hydrogen-bond acceptors (Lipinski definition) is 6. The predicted molar refractivity (Wildman–Crippen MR) is 91.4 cm³/mol. The molecule has 0 saturated carbocycles. The van der Waals surface area contributed by atoms with Crippen molar-refractivity contribution in [3.8, 4) is 17.2 Å². The first kappa shape index (κ1) is 18.9. The Labute approximate surface area is 147 Å². The van der Waals surface area contributed by atoms with Crippen molar-refractivity contribution in [2.45, 2.75) is 19.8 Å². The molecular formula is C18H25NO6. The number of esters is 1. The van der Waals surface area contributed by atoms with E-state index in [4.69, 9.17) is 18.9 Å². The highest BCUT2D eigenvalue weighted by atomic mass is 16.5. The number of methoxy groups -OCH3 is 3. The molecule has 7 heteroatoms. The standard InChI is InChI=1S/C18H25NO6/c1-12-6-5-7-19(10-12)17(20)11-25-18(21)13-8-15(23-3)16(24-4)9-14(13)22-2/h8-9,12H,5-7,10-11H2,1-4H3/t12-/m0/s1. The molecule has 1 aromatic rings. The molecule has 25 heavy (non-hydrogen) atoms. The van der Waals surface area contributed by atoms with Crippen LogP contribution in [-0.4, -0.2) is 57.8 Å². The van der Waals surface area contributed by atoms with Crippen LogP contribution in [0.1, 0.15) is 30.1 Å². The lowest BCUT2D eigenvalue weighted by atomic mass is 10.0. The molecule has 7 nitrogen and oxygen atoms in total. The van der Waals surface area contributed by atoms with E-state index >= 15 is 0 Å². The number of nitrogens with zero attached hydrogens (tertiary/aromatic N) is 1. The minimum Gasteiger partial charge on any atom is -0.496 e. The SMILES string of the molecule is COc1cc(OC)c(C(=O)OCC(=O)N2CCC[C@H](C)C2)cc1OC. The maximum Gasteiger partial charge on any atom is 0.342 e. The summed E-state index contributed by atoms with van der Waals surface area (Å²) in [5, 5.41) is 0. The Morgan fingerprint density at radius 2 is 1.72 bits per heavy atom. The van der Waals surface area contributed by atoms with Gasteiger partial charge in [0.05, 0.1) is 21.3 Å². The molecule has 1 heterocycles. The predicted octanol–water partition coefficient (Wildman–Crippen LogP) is 2.13. The van der Waals surface area contributed by atoms with Gasteiger partial charge in [0.2, 0.25) is 0 Å². The summed E-state index contributed by atoms with van der Waals surface area (Å²) in [6.45, 7) is 3.24. The van der Waals surface area contributed by atoms with Crippen molar-refractivity contribution in [2.24, 2.45) is 5.92 Å². The molecule has 0 unspecified atom stereocenters. The molecule has 1 fully saturated rings. The van der Waals surface area contributed by atoms with Gasteiger partial charge in [0, 0.05) is 25.2 Å². The largest absolute Gasteiger partial charge is 0.496 e. The van der Waals surface area contributed by atoms with Crippen LogP contribution in [0.25, 0.3) is 0 Å². The van der Waals surface area contributed by atoms with Gasteiger partial charge in [0.15, 0.2) is 18.1 Å². The molecular weight excluding hydrogens is 326 g/mol. The summed E-state index contributed by atoms with van der Waals surface area (Å²) in [5.41, 5.74) is 0.181. The van der Waals surface area contributed by atoms with Gasteiger partial charge in [-0.2, -0.15) is 0 Å². The van der Waals surface area contributed by atoms with Crippen molar-refractivity contribution >= 4 is 11.9 Å². The number of likely N-dealkylation sites (tertiary alicyclic amines) is 1. The lowest BCUT2D eigenvalue weighted by molar-refractivity contribution is -0.136. The van der Waals surface area contributed by atoms with Gasteiger partial charge < -0.3 is 23.8 Å². The highest BCUT2D eigenvalue weighted by molar-refractivity contribution is 5.95. The number of amides is 1. The molecule has 138 valence electrons. The van der Waals surface area contributed by atoms with Crippen LogP contribution in [0.4, 0.5) is 0 Å². The summed E-state index contributed by atoms with van der Waals surface area (Å²) in [6.07, 6.45) is 2.09. The molecule has 0 spiro atoms. The number of carbonyl (C=O) groups is 2. The van der Waals surface area contributed by atoms with Crippen LogP contribution < -0.4 is 14.2 Å². The van der Waals surface area contributed by atoms with Gasteiger partial charge in [-0.1, -0.05) is 6.92 Å². The summed E-state index contributed by atoms with van der Waals surface area (Å²) < 4.78 is 20.8. The number of ether oxygens (including phenoxy) is 4. The second-order valence-corrected chi connectivity index (χ2v) is 6.07. The number of rotatable bonds is 6. The smallest absolute Gasteiger partial charge is 0.342 e. The topological polar surface area (TPSA) is 74.3 Å². The fraction of sp³-hybridized carbons (Fsp3) is 0.556. The molecule has 0 aliphatic carbocycles. The highest BCUT2D eigenvalue weighted by Gasteiger charge is 2.24. The molecule has 1 aliphatic heterocycles. The van der Waals surface area contributed by atoms with E-state index in [1.165, 1.54) is 27.4 Å². The number of carbonyl (C=O) groups excluding carboxylic acids is 2. The first-order valence-corrected chi connectivity index (χ1v) is 8.25. The van der Waals surface area contributed by atoms with Gasteiger partial charge in [-0.05, 0) is 18.8 Å². The second-order valence-electron chi connectivity index (χ2n) is 6.07. The summed E-state index contributed by atoms with van der Waals surface area (Å²) in [5.74, 6) is 0.761. The van der Waals surface area contributed by atoms with Gasteiger partial charge in [-0.3, -0.25) is 4.79 Å². The maximum absolute atomic E-state index is 12.4. The molecule has 0 N–H and O–H groups in total. The average Bonchev–Trinajstić information content (AvgIpc) is 2.64. The van der Waals surface area contributed by atoms with Crippen LogP contribution in [0.2, 0.25) is 0 Å². The van der Waals surface area contributed by atoms with E-state index in [0.29, 0.717) is 36.3 Å². The van der Waals surface area contributed by atoms with E-state index in [9.17, 15) is 9.59 Å². The molecule has 0 radical (unpaired) electrons. The Morgan fingerprint density at radius 3 is 2.32 bits per heavy atom. The zero-order valence-corrected chi connectivity index (χ0v) is 15.2. The van der Waals surface area contributed by atoms with Crippen LogP contribution in [0, 0.1) is 5.92 Å². The van der Waals surface area contributed by atoms with Crippen molar-refractivity contribution in [1.29, 1.82) is 0 Å². The quantitative estimate of drug-likeness (QED) is 0.731. The Morgan fingerprint density at radius 1 is 1.08 bits per heavy atom. The summed E-state index contributed by atoms with van der Waals surface area (Å²) in [6, 6.07) is 3.02. The molecule has 1 atom stereocenters. The Hall–Kier alpha value is -2.44. The van der Waals surface area contributed by atoms with Crippen LogP contribution >= 0.6 is 0 Å². The third-order valence-corrected chi connectivity index (χ3v) is 4.26. The molecule has 1 aromatic carbocycles. The van der Waals surface area contributed by atoms with E-state index in [1.807, 2.05) is 0 Å². The van der Waals surface area contributed by atoms with Crippen LogP contribution in [0.5, 0.6) is 17.2 Å². The lowest BCUT2D eigenvalue weighted by Crippen LogP contribution is -2.41. The molecule has 1 amide bonds. The number of hydrogen-bond donors (Lipinski definition) is 0. The van der Waals surface area contributed by atoms with Crippen molar-refractivity contribution in [1.82, 2.24) is 4.90 Å². The van der Waals surface area contributed by atoms with Crippen molar-refractivity contribution in [3.63, 3.8) is 0 Å². The van der Waals surface area contributed by atoms with E-state index in [2.05, 4.69) is 6.92 Å². The van der Waals surface area contributed by atoms with Gasteiger partial charge in [-0.15, -0.1) is 0 Å². The van der Waals surface area contributed by atoms with Gasteiger partial charge in [0.1, 0.15) is 11.3 Å². The Kier molecular flexibility index (Phi) is 6.50. The fourth-order valence-corrected chi connectivity index (χ4v) is 2.90. The zero-order valence-electron chi connectivity index (χ0n) is 15.2. The molecule has 2 rings (SSSR count). The summed E-state index contributed by atoms with van der Waals surface area (Å²) >= 11 is 0. The van der Waals surface area contributed by atoms with E-state index in [1.54, 1.807) is 11.0 Å². The molecule has 1 saturated heterocycles. The fourth-order valence-electron chi connectivity index (χ4n) is 2.90. The van der Waals surface area contributed by atoms with Gasteiger partial charge in [-0.25, -0.2) is 4.79 Å². The van der Waals surface area contributed by atoms with Crippen molar-refractivity contribution in [2.75, 3.05) is 41.0 Å². The monoisotopic (exact) mass is 351 g/mol. The minimum atomic E-state index is -0.642. The van der Waals surface area contributed by atoms with Crippen molar-refractivity contribution < 1.29 is 28.5 Å². The lowest BCUT2D eigenvalue weighted by Gasteiger charge is -2.30. The van der Waals surface area contributed by atoms with Gasteiger partial charge in [0.25, 0.3) is 5.91 Å². The average molecular weight is 351 g/mol. The number of piperidine rings is 1. The highest BCUT2D eigenvalue weighted by Crippen LogP contribution is 2.34. The van der Waals surface area contributed by atoms with Gasteiger partial charge >= 0.3 is 5.97 Å². The Bertz CT molecular complexity index is 630. The molecule has 1 aliphatic rings. The zero-order chi connectivity index (χ0) is 18.4. The molecule has 0 aromatic heterocycles.